The van der Waals surface area contributed by atoms with Crippen LogP contribution >= 0.6 is 0 Å². The first-order valence-corrected chi connectivity index (χ1v) is 4.16. The monoisotopic (exact) mass is 282 g/mol. The molecule has 1 atom stereocenters. The predicted molar refractivity (Wildman–Crippen MR) is 38.1 cm³/mol. The Bertz CT molecular complexity index is 358. The van der Waals surface area contributed by atoms with Crippen molar-refractivity contribution < 1.29 is 50.5 Å². The summed E-state index contributed by atoms with van der Waals surface area (Å²) in [6.45, 7) is 0. The third-order valence-corrected chi connectivity index (χ3v) is 1.92. The van der Waals surface area contributed by atoms with Crippen molar-refractivity contribution in [2.75, 3.05) is 0 Å². The Morgan fingerprint density at radius 3 is 1.94 bits per heavy atom. The number of rotatable bonds is 2. The van der Waals surface area contributed by atoms with E-state index in [1.807, 2.05) is 0 Å². The smallest absolute Gasteiger partial charge is 0.465 e. The summed E-state index contributed by atoms with van der Waals surface area (Å²) in [5, 5.41) is 8.22. The van der Waals surface area contributed by atoms with Gasteiger partial charge in [0.05, 0.1) is 6.42 Å². The lowest BCUT2D eigenvalue weighted by atomic mass is 10.2. The van der Waals surface area contributed by atoms with Gasteiger partial charge >= 0.3 is 30.1 Å². The summed E-state index contributed by atoms with van der Waals surface area (Å²) in [5.41, 5.74) is 0. The van der Waals surface area contributed by atoms with Crippen LogP contribution in [0.4, 0.5) is 26.3 Å². The van der Waals surface area contributed by atoms with E-state index in [0.29, 0.717) is 0 Å². The molecule has 18 heavy (non-hydrogen) atoms. The molecule has 0 aliphatic carbocycles. The molecule has 104 valence electrons. The normalized spacial score (nSPS) is 23.9. The van der Waals surface area contributed by atoms with Gasteiger partial charge in [-0.2, -0.15) is 26.3 Å². The Kier molecular flexibility index (Phi) is 3.23. The van der Waals surface area contributed by atoms with E-state index in [1.54, 1.807) is 0 Å². The first kappa shape index (κ1) is 14.5. The lowest BCUT2D eigenvalue weighted by Crippen LogP contribution is -2.58. The molecule has 1 saturated heterocycles. The van der Waals surface area contributed by atoms with Crippen molar-refractivity contribution in [2.24, 2.45) is 0 Å². The van der Waals surface area contributed by atoms with Gasteiger partial charge < -0.3 is 14.6 Å². The Hall–Kier alpha value is -1.52. The third-order valence-electron chi connectivity index (χ3n) is 1.92. The summed E-state index contributed by atoms with van der Waals surface area (Å²) >= 11 is 0. The van der Waals surface area contributed by atoms with Gasteiger partial charge in [-0.25, -0.2) is 4.79 Å². The number of hydrogen-bond acceptors (Lipinski definition) is 4. The molecule has 1 N–H and O–H groups in total. The van der Waals surface area contributed by atoms with Gasteiger partial charge in [-0.3, -0.25) is 4.79 Å². The number of halogens is 6. The fourth-order valence-corrected chi connectivity index (χ4v) is 1.17. The van der Waals surface area contributed by atoms with Crippen molar-refractivity contribution in [3.63, 3.8) is 0 Å². The fourth-order valence-electron chi connectivity index (χ4n) is 1.17. The molecular formula is C7H4F6O5. The second-order valence-electron chi connectivity index (χ2n) is 3.24. The maximum atomic E-state index is 12.3. The van der Waals surface area contributed by atoms with E-state index in [0.717, 1.165) is 0 Å². The molecule has 0 amide bonds. The molecule has 11 heteroatoms. The van der Waals surface area contributed by atoms with Crippen LogP contribution in [0.1, 0.15) is 6.42 Å². The average Bonchev–Trinajstić information content (AvgIpc) is 2.41. The van der Waals surface area contributed by atoms with E-state index >= 15 is 0 Å². The minimum absolute atomic E-state index is 1.37. The lowest BCUT2D eigenvalue weighted by Gasteiger charge is -2.30. The lowest BCUT2D eigenvalue weighted by molar-refractivity contribution is -0.439. The zero-order chi connectivity index (χ0) is 14.4. The predicted octanol–water partition coefficient (Wildman–Crippen LogP) is 1.22. The van der Waals surface area contributed by atoms with Crippen LogP contribution in [0.3, 0.4) is 0 Å². The molecular weight excluding hydrogens is 278 g/mol. The molecule has 0 unspecified atom stereocenters. The van der Waals surface area contributed by atoms with Gasteiger partial charge in [0.25, 0.3) is 0 Å². The van der Waals surface area contributed by atoms with Crippen molar-refractivity contribution in [1.82, 2.24) is 0 Å². The van der Waals surface area contributed by atoms with E-state index in [9.17, 15) is 35.9 Å². The molecule has 1 fully saturated rings. The van der Waals surface area contributed by atoms with E-state index < -0.39 is 42.6 Å². The van der Waals surface area contributed by atoms with Crippen LogP contribution in [0.15, 0.2) is 0 Å². The van der Waals surface area contributed by atoms with Crippen LogP contribution in [-0.2, 0) is 19.1 Å². The van der Waals surface area contributed by atoms with Gasteiger partial charge in [0, 0.05) is 0 Å². The average molecular weight is 282 g/mol. The van der Waals surface area contributed by atoms with E-state index in [2.05, 4.69) is 9.47 Å². The Morgan fingerprint density at radius 2 is 1.67 bits per heavy atom. The highest BCUT2D eigenvalue weighted by molar-refractivity contribution is 5.82. The molecule has 0 radical (unpaired) electrons. The zero-order valence-corrected chi connectivity index (χ0v) is 8.13. The second-order valence-corrected chi connectivity index (χ2v) is 3.24. The number of aliphatic carboxylic acids is 1. The number of carboxylic acids is 1. The maximum Gasteiger partial charge on any atom is 0.465 e. The second kappa shape index (κ2) is 4.00. The van der Waals surface area contributed by atoms with Gasteiger partial charge in [-0.05, 0) is 0 Å². The number of carboxylic acid groups (broad SMARTS) is 1. The van der Waals surface area contributed by atoms with Gasteiger partial charge in [-0.15, -0.1) is 0 Å². The summed E-state index contributed by atoms with van der Waals surface area (Å²) < 4.78 is 80.7. The molecule has 0 bridgehead atoms. The van der Waals surface area contributed by atoms with Crippen LogP contribution in [0, 0.1) is 0 Å². The number of cyclic esters (lactones) is 1. The van der Waals surface area contributed by atoms with Crippen LogP contribution in [-0.4, -0.2) is 41.3 Å². The summed E-state index contributed by atoms with van der Waals surface area (Å²) in [5.74, 6) is -8.96. The van der Waals surface area contributed by atoms with E-state index in [1.165, 1.54) is 0 Å². The Labute approximate surface area is 94.3 Å². The fraction of sp³-hybridized carbons (Fsp3) is 0.714. The van der Waals surface area contributed by atoms with Crippen LogP contribution in [0.2, 0.25) is 0 Å². The highest BCUT2D eigenvalue weighted by atomic mass is 19.4. The number of esters is 1. The number of carbonyl (C=O) groups is 2. The standard InChI is InChI=1S/C7H4F6O5/c8-6(9,10)5(7(11,12)13)17-2(1-3(14)15)4(16)18-5/h2H,1H2,(H,14,15)/t2-/m1/s1. The molecule has 0 saturated carbocycles. The number of alkyl halides is 6. The van der Waals surface area contributed by atoms with Crippen molar-refractivity contribution in [3.8, 4) is 0 Å². The molecule has 1 heterocycles. The molecule has 1 aliphatic heterocycles. The van der Waals surface area contributed by atoms with Gasteiger partial charge in [0.2, 0.25) is 0 Å². The number of carbonyl (C=O) groups excluding carboxylic acids is 1. The van der Waals surface area contributed by atoms with Crippen LogP contribution in [0.5, 0.6) is 0 Å². The van der Waals surface area contributed by atoms with Crippen LogP contribution in [0.25, 0.3) is 0 Å². The first-order chi connectivity index (χ1) is 7.91. The summed E-state index contributed by atoms with van der Waals surface area (Å²) in [4.78, 5) is 21.0. The SMILES string of the molecule is O=C(O)C[C@H]1OC(C(F)(F)F)(C(F)(F)F)OC1=O. The molecule has 1 rings (SSSR count). The van der Waals surface area contributed by atoms with Crippen molar-refractivity contribution in [2.45, 2.75) is 30.7 Å². The maximum absolute atomic E-state index is 12.3. The van der Waals surface area contributed by atoms with Crippen molar-refractivity contribution >= 4 is 11.9 Å². The van der Waals surface area contributed by atoms with E-state index in [-0.39, 0.29) is 0 Å². The number of ether oxygens (including phenoxy) is 2. The molecule has 5 nitrogen and oxygen atoms in total. The van der Waals surface area contributed by atoms with Crippen molar-refractivity contribution in [3.05, 3.63) is 0 Å². The molecule has 1 aliphatic rings. The molecule has 0 aromatic heterocycles. The minimum Gasteiger partial charge on any atom is -0.481 e. The highest BCUT2D eigenvalue weighted by Gasteiger charge is 2.80. The highest BCUT2D eigenvalue weighted by Crippen LogP contribution is 2.50. The minimum atomic E-state index is -6.08. The largest absolute Gasteiger partial charge is 0.481 e. The molecule has 0 aromatic carbocycles. The number of hydrogen-bond donors (Lipinski definition) is 1. The van der Waals surface area contributed by atoms with Gasteiger partial charge in [0.15, 0.2) is 6.10 Å². The topological polar surface area (TPSA) is 72.8 Å². The summed E-state index contributed by atoms with van der Waals surface area (Å²) in [6.07, 6.45) is -16.0. The van der Waals surface area contributed by atoms with Crippen molar-refractivity contribution in [1.29, 1.82) is 0 Å². The third kappa shape index (κ3) is 2.21. The Morgan fingerprint density at radius 1 is 1.22 bits per heavy atom. The summed E-state index contributed by atoms with van der Waals surface area (Å²) in [6, 6.07) is 0. The molecule has 0 aromatic rings. The first-order valence-electron chi connectivity index (χ1n) is 4.16. The summed E-state index contributed by atoms with van der Waals surface area (Å²) in [7, 11) is 0. The zero-order valence-electron chi connectivity index (χ0n) is 8.13. The Balaban J connectivity index is 3.12. The quantitative estimate of drug-likeness (QED) is 0.609. The van der Waals surface area contributed by atoms with Gasteiger partial charge in [-0.1, -0.05) is 0 Å². The van der Waals surface area contributed by atoms with E-state index in [4.69, 9.17) is 5.11 Å². The van der Waals surface area contributed by atoms with Gasteiger partial charge in [0.1, 0.15) is 0 Å². The van der Waals surface area contributed by atoms with Crippen LogP contribution < -0.4 is 0 Å². The molecule has 0 spiro atoms.